The number of methoxy groups -OCH3 is 3. The number of likely N-dealkylation sites (tertiary alicyclic amines) is 1. The molecule has 34 heavy (non-hydrogen) atoms. The van der Waals surface area contributed by atoms with Crippen LogP contribution in [0.2, 0.25) is 0 Å². The number of esters is 1. The second-order valence-corrected chi connectivity index (χ2v) is 12.2. The summed E-state index contributed by atoms with van der Waals surface area (Å²) >= 11 is 0. The molecule has 8 nitrogen and oxygen atoms in total. The van der Waals surface area contributed by atoms with E-state index in [9.17, 15) is 15.0 Å². The van der Waals surface area contributed by atoms with Gasteiger partial charge in [-0.2, -0.15) is 0 Å². The molecule has 8 heteroatoms. The summed E-state index contributed by atoms with van der Waals surface area (Å²) in [6.45, 7) is 5.89. The molecule has 6 aliphatic rings. The number of nitrogens with zero attached hydrogens (tertiary/aromatic N) is 1. The zero-order valence-electron chi connectivity index (χ0n) is 21.2. The van der Waals surface area contributed by atoms with Gasteiger partial charge < -0.3 is 29.2 Å². The third-order valence-electron chi connectivity index (χ3n) is 11.5. The maximum atomic E-state index is 12.8. The lowest BCUT2D eigenvalue weighted by atomic mass is 9.42. The topological polar surface area (TPSA) is 97.7 Å². The van der Waals surface area contributed by atoms with Gasteiger partial charge in [0.05, 0.1) is 18.8 Å². The number of piperidine rings is 1. The Morgan fingerprint density at radius 1 is 1.12 bits per heavy atom. The molecule has 6 rings (SSSR count). The molecule has 0 aromatic carbocycles. The molecule has 1 heterocycles. The van der Waals surface area contributed by atoms with Crippen molar-refractivity contribution in [2.75, 3.05) is 41.0 Å². The summed E-state index contributed by atoms with van der Waals surface area (Å²) < 4.78 is 24.0. The molecule has 5 aliphatic carbocycles. The molecule has 0 aromatic heterocycles. The van der Waals surface area contributed by atoms with Gasteiger partial charge >= 0.3 is 5.97 Å². The van der Waals surface area contributed by atoms with Gasteiger partial charge in [0.15, 0.2) is 0 Å². The molecule has 2 N–H and O–H groups in total. The number of fused-ring (bicyclic) bond motifs is 2. The van der Waals surface area contributed by atoms with Gasteiger partial charge in [0.25, 0.3) is 0 Å². The molecule has 7 bridgehead atoms. The molecule has 0 radical (unpaired) electrons. The molecule has 1 aliphatic heterocycles. The minimum Gasteiger partial charge on any atom is -0.462 e. The van der Waals surface area contributed by atoms with Crippen molar-refractivity contribution in [2.45, 2.75) is 81.5 Å². The Kier molecular flexibility index (Phi) is 5.13. The number of aliphatic hydroxyl groups is 2. The lowest BCUT2D eigenvalue weighted by molar-refractivity contribution is -0.315. The second kappa shape index (κ2) is 7.39. The van der Waals surface area contributed by atoms with Crippen LogP contribution in [0.3, 0.4) is 0 Å². The van der Waals surface area contributed by atoms with Crippen molar-refractivity contribution in [3.8, 4) is 0 Å². The van der Waals surface area contributed by atoms with Gasteiger partial charge in [0, 0.05) is 69.9 Å². The van der Waals surface area contributed by atoms with Crippen LogP contribution in [0.4, 0.5) is 0 Å². The Bertz CT molecular complexity index is 870. The normalized spacial score (nSPS) is 57.0. The van der Waals surface area contributed by atoms with Crippen molar-refractivity contribution in [2.24, 2.45) is 34.5 Å². The minimum atomic E-state index is -1.40. The second-order valence-electron chi connectivity index (χ2n) is 12.2. The first kappa shape index (κ1) is 23.6. The molecule has 5 saturated carbocycles. The average Bonchev–Trinajstić information content (AvgIpc) is 3.19. The van der Waals surface area contributed by atoms with E-state index < -0.39 is 17.3 Å². The Morgan fingerprint density at radius 3 is 2.50 bits per heavy atom. The van der Waals surface area contributed by atoms with Crippen LogP contribution < -0.4 is 0 Å². The minimum absolute atomic E-state index is 0.00793. The van der Waals surface area contributed by atoms with E-state index in [-0.39, 0.29) is 58.7 Å². The van der Waals surface area contributed by atoms with Gasteiger partial charge in [0.2, 0.25) is 0 Å². The monoisotopic (exact) mass is 479 g/mol. The number of carbonyl (C=O) groups is 1. The molecule has 192 valence electrons. The first-order valence-corrected chi connectivity index (χ1v) is 13.1. The van der Waals surface area contributed by atoms with E-state index in [0.29, 0.717) is 19.4 Å². The summed E-state index contributed by atoms with van der Waals surface area (Å²) in [5.41, 5.74) is -3.16. The molecule has 12 atom stereocenters. The zero-order chi connectivity index (χ0) is 24.3. The van der Waals surface area contributed by atoms with Crippen LogP contribution in [0.15, 0.2) is 0 Å². The van der Waals surface area contributed by atoms with E-state index in [1.165, 1.54) is 6.92 Å². The van der Waals surface area contributed by atoms with E-state index in [2.05, 4.69) is 11.8 Å². The van der Waals surface area contributed by atoms with E-state index in [1.54, 1.807) is 21.3 Å². The lowest BCUT2D eigenvalue weighted by Gasteiger charge is -2.70. The van der Waals surface area contributed by atoms with Crippen LogP contribution in [0.1, 0.15) is 46.0 Å². The third kappa shape index (κ3) is 2.39. The summed E-state index contributed by atoms with van der Waals surface area (Å²) in [4.78, 5) is 14.6. The Hall–Kier alpha value is -0.770. The number of carbonyl (C=O) groups excluding carboxylic acids is 1. The van der Waals surface area contributed by atoms with E-state index in [4.69, 9.17) is 18.9 Å². The highest BCUT2D eigenvalue weighted by Crippen LogP contribution is 2.80. The van der Waals surface area contributed by atoms with Crippen molar-refractivity contribution in [3.05, 3.63) is 0 Å². The molecule has 1 saturated heterocycles. The number of rotatable bonds is 6. The SMILES string of the molecule is CCN1C[C@]2(COC)CC[C@H](OC)[C@@]34[C@@H]5C[C@H]6[C@H](OC(C)=O)[C@@H]5[C@](O)(C[C@@H]6OC)[C@@](O)(C[C@H]23)[C@@H]14. The summed E-state index contributed by atoms with van der Waals surface area (Å²) in [6.07, 6.45) is 2.86. The lowest BCUT2D eigenvalue weighted by Crippen LogP contribution is -2.81. The van der Waals surface area contributed by atoms with Crippen molar-refractivity contribution in [1.29, 1.82) is 0 Å². The van der Waals surface area contributed by atoms with Gasteiger partial charge in [-0.15, -0.1) is 0 Å². The number of ether oxygens (including phenoxy) is 4. The van der Waals surface area contributed by atoms with Crippen molar-refractivity contribution in [3.63, 3.8) is 0 Å². The van der Waals surface area contributed by atoms with Crippen molar-refractivity contribution >= 4 is 5.97 Å². The molecule has 6 fully saturated rings. The van der Waals surface area contributed by atoms with Crippen LogP contribution in [0, 0.1) is 34.5 Å². The molecule has 1 spiro atoms. The number of likely N-dealkylation sites (N-methyl/N-ethyl adjacent to an activating group) is 1. The molecule has 0 amide bonds. The largest absolute Gasteiger partial charge is 0.462 e. The Labute approximate surface area is 202 Å². The first-order valence-electron chi connectivity index (χ1n) is 13.1. The van der Waals surface area contributed by atoms with Gasteiger partial charge in [-0.3, -0.25) is 9.69 Å². The fourth-order valence-electron chi connectivity index (χ4n) is 11.0. The number of hydrogen-bond donors (Lipinski definition) is 2. The van der Waals surface area contributed by atoms with Crippen LogP contribution in [-0.2, 0) is 23.7 Å². The quantitative estimate of drug-likeness (QED) is 0.549. The maximum absolute atomic E-state index is 12.8. The zero-order valence-corrected chi connectivity index (χ0v) is 21.2. The summed E-state index contributed by atoms with van der Waals surface area (Å²) in [7, 11) is 5.24. The third-order valence-corrected chi connectivity index (χ3v) is 11.5. The van der Waals surface area contributed by atoms with Crippen LogP contribution in [0.5, 0.6) is 0 Å². The Balaban J connectivity index is 1.61. The highest BCUT2D eigenvalue weighted by atomic mass is 16.5. The predicted octanol–water partition coefficient (Wildman–Crippen LogP) is 1.22. The molecule has 0 unspecified atom stereocenters. The van der Waals surface area contributed by atoms with Crippen LogP contribution >= 0.6 is 0 Å². The standard InChI is InChI=1S/C26H41NO7/c1-6-27-12-23(13-31-3)8-7-19(33-5)26-16-9-15-17(32-4)10-24(29,20(16)21(15)34-14(2)28)25(30,22(26)27)11-18(23)26/h15-22,29-30H,6-13H2,1-5H3/t15-,16-,17+,18-,19+,20-,21+,22-,23+,24-,25-,26-/m1/s1. The van der Waals surface area contributed by atoms with E-state index in [1.807, 2.05) is 0 Å². The first-order chi connectivity index (χ1) is 16.2. The smallest absolute Gasteiger partial charge is 0.302 e. The van der Waals surface area contributed by atoms with Crippen LogP contribution in [0.25, 0.3) is 0 Å². The molecule has 0 aromatic rings. The van der Waals surface area contributed by atoms with Gasteiger partial charge in [0.1, 0.15) is 17.3 Å². The van der Waals surface area contributed by atoms with Gasteiger partial charge in [-0.05, 0) is 44.1 Å². The average molecular weight is 480 g/mol. The van der Waals surface area contributed by atoms with Crippen LogP contribution in [-0.4, -0.2) is 97.7 Å². The van der Waals surface area contributed by atoms with E-state index in [0.717, 1.165) is 32.4 Å². The predicted molar refractivity (Wildman–Crippen MR) is 122 cm³/mol. The van der Waals surface area contributed by atoms with Gasteiger partial charge in [-0.25, -0.2) is 0 Å². The fourth-order valence-corrected chi connectivity index (χ4v) is 11.0. The van der Waals surface area contributed by atoms with E-state index >= 15 is 0 Å². The highest BCUT2D eigenvalue weighted by Gasteiger charge is 2.88. The van der Waals surface area contributed by atoms with Crippen molar-refractivity contribution < 1.29 is 34.0 Å². The Morgan fingerprint density at radius 2 is 1.88 bits per heavy atom. The molecular weight excluding hydrogens is 438 g/mol. The number of hydrogen-bond acceptors (Lipinski definition) is 8. The summed E-state index contributed by atoms with van der Waals surface area (Å²) in [5, 5.41) is 25.5. The molecular formula is C26H41NO7. The maximum Gasteiger partial charge on any atom is 0.302 e. The summed E-state index contributed by atoms with van der Waals surface area (Å²) in [6, 6.07) is -0.205. The fraction of sp³-hybridized carbons (Fsp3) is 0.962. The highest BCUT2D eigenvalue weighted by molar-refractivity contribution is 5.66. The van der Waals surface area contributed by atoms with Crippen molar-refractivity contribution in [1.82, 2.24) is 4.90 Å². The summed E-state index contributed by atoms with van der Waals surface area (Å²) in [5.74, 6) is -0.414. The van der Waals surface area contributed by atoms with Gasteiger partial charge in [-0.1, -0.05) is 6.92 Å².